The van der Waals surface area contributed by atoms with Crippen molar-refractivity contribution in [3.05, 3.63) is 41.4 Å². The number of para-hydroxylation sites is 1. The molecule has 0 saturated carbocycles. The second-order valence-corrected chi connectivity index (χ2v) is 5.14. The largest absolute Gasteiger partial charge is 0.507 e. The Morgan fingerprint density at radius 3 is 2.00 bits per heavy atom. The van der Waals surface area contributed by atoms with Gasteiger partial charge in [0.25, 0.3) is 0 Å². The summed E-state index contributed by atoms with van der Waals surface area (Å²) in [5.41, 5.74) is 0. The van der Waals surface area contributed by atoms with Crippen LogP contribution in [0.5, 0.6) is 5.75 Å². The number of phenolic OH excluding ortho intramolecular Hbond substituents is 1. The maximum absolute atomic E-state index is 9.25. The van der Waals surface area contributed by atoms with E-state index in [9.17, 15) is 4.79 Å². The molecule has 0 amide bonds. The van der Waals surface area contributed by atoms with Gasteiger partial charge in [0.2, 0.25) is 0 Å². The van der Waals surface area contributed by atoms with Crippen molar-refractivity contribution in [3.8, 4) is 5.75 Å². The van der Waals surface area contributed by atoms with E-state index >= 15 is 0 Å². The van der Waals surface area contributed by atoms with Crippen LogP contribution in [0, 0.1) is 0 Å². The molecule has 1 unspecified atom stereocenters. The van der Waals surface area contributed by atoms with Gasteiger partial charge in [-0.05, 0) is 28.1 Å². The minimum atomic E-state index is -0.981. The molecule has 4 nitrogen and oxygen atoms in total. The summed E-state index contributed by atoms with van der Waals surface area (Å²) in [6.07, 6.45) is 0.833. The monoisotopic (exact) mass is 446 g/mol. The lowest BCUT2D eigenvalue weighted by molar-refractivity contribution is -0.131. The molecular weight excluding hydrogens is 436 g/mol. The number of halogens is 3. The van der Waals surface area contributed by atoms with Crippen molar-refractivity contribution in [2.45, 2.75) is 5.01 Å². The van der Waals surface area contributed by atoms with Crippen LogP contribution in [0.15, 0.2) is 41.4 Å². The summed E-state index contributed by atoms with van der Waals surface area (Å²) in [6.45, 7) is 2.96. The Morgan fingerprint density at radius 1 is 1.44 bits per heavy atom. The third-order valence-corrected chi connectivity index (χ3v) is 3.63. The molecule has 0 saturated heterocycles. The van der Waals surface area contributed by atoms with Crippen LogP contribution in [0.1, 0.15) is 0 Å². The van der Waals surface area contributed by atoms with E-state index in [4.69, 9.17) is 15.3 Å². The van der Waals surface area contributed by atoms with Crippen molar-refractivity contribution in [1.82, 2.24) is 0 Å². The van der Waals surface area contributed by atoms with Crippen LogP contribution in [0.25, 0.3) is 0 Å². The van der Waals surface area contributed by atoms with Crippen molar-refractivity contribution < 1.29 is 20.1 Å². The van der Waals surface area contributed by atoms with Crippen LogP contribution in [0.4, 0.5) is 0 Å². The summed E-state index contributed by atoms with van der Waals surface area (Å²) >= 11 is 9.04. The first-order valence-corrected chi connectivity index (χ1v) is 7.35. The first kappa shape index (κ1) is 20.0. The second-order valence-electron chi connectivity index (χ2n) is 2.58. The van der Waals surface area contributed by atoms with Gasteiger partial charge >= 0.3 is 5.97 Å². The number of hydrogen-bond acceptors (Lipinski definition) is 3. The summed E-state index contributed by atoms with van der Waals surface area (Å²) in [6, 6.07) is 7.04. The van der Waals surface area contributed by atoms with Gasteiger partial charge in [-0.3, -0.25) is 0 Å². The maximum Gasteiger partial charge on any atom is 0.327 e. The fraction of sp³-hybridized carbons (Fsp3) is 0.182. The summed E-state index contributed by atoms with van der Waals surface area (Å²) in [5.74, 6) is -0.697. The van der Waals surface area contributed by atoms with Gasteiger partial charge in [0, 0.05) is 11.4 Å². The zero-order valence-corrected chi connectivity index (χ0v) is 14.0. The van der Waals surface area contributed by atoms with Gasteiger partial charge < -0.3 is 15.3 Å². The molecule has 1 atom stereocenters. The molecule has 0 aliphatic carbocycles. The summed E-state index contributed by atoms with van der Waals surface area (Å²) in [4.78, 5) is 9.25. The Labute approximate surface area is 131 Å². The molecule has 0 heterocycles. The van der Waals surface area contributed by atoms with Crippen molar-refractivity contribution >= 4 is 53.8 Å². The Kier molecular flexibility index (Phi) is 14.5. The number of carboxylic acids is 1. The number of aliphatic carboxylic acids is 1. The maximum atomic E-state index is 9.25. The van der Waals surface area contributed by atoms with E-state index in [1.165, 1.54) is 0 Å². The first-order chi connectivity index (χ1) is 8.34. The Balaban J connectivity index is 0. The van der Waals surface area contributed by atoms with Crippen molar-refractivity contribution in [1.29, 1.82) is 0 Å². The minimum absolute atomic E-state index is 0.285. The molecule has 0 aliphatic rings. The quantitative estimate of drug-likeness (QED) is 0.478. The number of aliphatic hydroxyl groups is 1. The highest BCUT2D eigenvalue weighted by Crippen LogP contribution is 2.21. The van der Waals surface area contributed by atoms with E-state index in [1.54, 1.807) is 18.2 Å². The van der Waals surface area contributed by atoms with Crippen LogP contribution < -0.4 is 0 Å². The number of aromatic hydroxyl groups is 1. The van der Waals surface area contributed by atoms with Gasteiger partial charge in [-0.25, -0.2) is 4.79 Å². The Morgan fingerprint density at radius 2 is 1.83 bits per heavy atom. The van der Waals surface area contributed by atoms with Crippen LogP contribution in [0.2, 0.25) is 0 Å². The molecule has 102 valence electrons. The highest BCUT2D eigenvalue weighted by atomic mass is 79.9. The number of carboxylic acid groups (broad SMARTS) is 1. The van der Waals surface area contributed by atoms with Crippen molar-refractivity contribution in [2.75, 3.05) is 5.33 Å². The molecule has 0 bridgehead atoms. The average molecular weight is 449 g/mol. The molecule has 3 N–H and O–H groups in total. The predicted molar refractivity (Wildman–Crippen MR) is 82.4 cm³/mol. The molecule has 0 radical (unpaired) electrons. The van der Waals surface area contributed by atoms with Crippen LogP contribution in [0.3, 0.4) is 0 Å². The van der Waals surface area contributed by atoms with Crippen LogP contribution in [-0.4, -0.2) is 31.6 Å². The third-order valence-electron chi connectivity index (χ3n) is 1.15. The van der Waals surface area contributed by atoms with Gasteiger partial charge in [-0.2, -0.15) is 0 Å². The van der Waals surface area contributed by atoms with E-state index in [1.807, 2.05) is 6.07 Å². The van der Waals surface area contributed by atoms with E-state index in [0.717, 1.165) is 10.5 Å². The number of phenols is 1. The molecule has 0 fully saturated rings. The topological polar surface area (TPSA) is 77.8 Å². The Bertz CT molecular complexity index is 335. The molecular formula is C11H13Br3O4. The zero-order valence-electron chi connectivity index (χ0n) is 9.26. The first-order valence-electron chi connectivity index (χ1n) is 4.52. The highest BCUT2D eigenvalue weighted by Gasteiger charge is 1.89. The predicted octanol–water partition coefficient (Wildman–Crippen LogP) is 3.51. The molecule has 0 aliphatic heterocycles. The van der Waals surface area contributed by atoms with Crippen molar-refractivity contribution in [2.24, 2.45) is 0 Å². The van der Waals surface area contributed by atoms with Crippen LogP contribution >= 0.6 is 47.8 Å². The van der Waals surface area contributed by atoms with E-state index in [0.29, 0.717) is 5.33 Å². The molecule has 1 aromatic carbocycles. The summed E-state index contributed by atoms with van der Waals surface area (Å²) < 4.78 is 0.736. The van der Waals surface area contributed by atoms with Gasteiger partial charge in [-0.1, -0.05) is 50.6 Å². The Hall–Kier alpha value is -0.370. The summed E-state index contributed by atoms with van der Waals surface area (Å²) in [7, 11) is 0. The van der Waals surface area contributed by atoms with Gasteiger partial charge in [-0.15, -0.1) is 0 Å². The highest BCUT2D eigenvalue weighted by molar-refractivity contribution is 9.12. The molecule has 0 aromatic heterocycles. The minimum Gasteiger partial charge on any atom is -0.507 e. The lowest BCUT2D eigenvalue weighted by Gasteiger charge is -1.90. The van der Waals surface area contributed by atoms with Gasteiger partial charge in [0.05, 0.1) is 4.47 Å². The molecule has 7 heteroatoms. The fourth-order valence-electron chi connectivity index (χ4n) is 0.452. The number of carbonyl (C=O) groups is 1. The third kappa shape index (κ3) is 15.6. The SMILES string of the molecule is C=CC(=O)O.OC(Br)CBr.Oc1ccccc1Br. The molecule has 1 aromatic rings. The van der Waals surface area contributed by atoms with E-state index in [2.05, 4.69) is 54.4 Å². The number of hydrogen-bond donors (Lipinski definition) is 3. The smallest absolute Gasteiger partial charge is 0.327 e. The van der Waals surface area contributed by atoms with E-state index in [-0.39, 0.29) is 10.8 Å². The molecule has 18 heavy (non-hydrogen) atoms. The lowest BCUT2D eigenvalue weighted by Crippen LogP contribution is -1.92. The number of benzene rings is 1. The molecule has 0 spiro atoms. The standard InChI is InChI=1S/C6H5BrO.C3H4O2.C2H4Br2O/c7-5-3-1-2-4-6(5)8;1-2-3(4)5;3-1-2(4)5/h1-4,8H;2H,1H2,(H,4,5);2,5H,1H2. The van der Waals surface area contributed by atoms with Gasteiger partial charge in [0.1, 0.15) is 10.8 Å². The van der Waals surface area contributed by atoms with E-state index < -0.39 is 5.97 Å². The lowest BCUT2D eigenvalue weighted by atomic mass is 10.3. The normalized spacial score (nSPS) is 10.0. The zero-order chi connectivity index (χ0) is 14.6. The fourth-order valence-corrected chi connectivity index (χ4v) is 0.737. The van der Waals surface area contributed by atoms with Crippen molar-refractivity contribution in [3.63, 3.8) is 0 Å². The second kappa shape index (κ2) is 13.1. The van der Waals surface area contributed by atoms with Crippen LogP contribution in [-0.2, 0) is 4.79 Å². The average Bonchev–Trinajstić information content (AvgIpc) is 2.34. The molecule has 1 rings (SSSR count). The summed E-state index contributed by atoms with van der Waals surface area (Å²) in [5, 5.41) is 24.9. The number of rotatable bonds is 2. The number of alkyl halides is 2. The van der Waals surface area contributed by atoms with Gasteiger partial charge in [0.15, 0.2) is 0 Å². The number of aliphatic hydroxyl groups excluding tert-OH is 1.